The Kier molecular flexibility index (Phi) is 6.19. The third-order valence-corrected chi connectivity index (χ3v) is 8.16. The summed E-state index contributed by atoms with van der Waals surface area (Å²) in [5, 5.41) is 0. The van der Waals surface area contributed by atoms with Crippen molar-refractivity contribution in [1.82, 2.24) is 4.90 Å². The van der Waals surface area contributed by atoms with Crippen molar-refractivity contribution in [2.75, 3.05) is 13.2 Å². The number of carbonyl (C=O) groups is 2. The van der Waals surface area contributed by atoms with E-state index < -0.39 is 5.82 Å². The Morgan fingerprint density at radius 3 is 2.16 bits per heavy atom. The summed E-state index contributed by atoms with van der Waals surface area (Å²) < 4.78 is 25.5. The first kappa shape index (κ1) is 23.7. The maximum absolute atomic E-state index is 14.0. The number of rotatable bonds is 6. The molecule has 3 aromatic carbocycles. The summed E-state index contributed by atoms with van der Waals surface area (Å²) in [5.74, 6) is -0.396. The van der Waals surface area contributed by atoms with Crippen LogP contribution in [0.2, 0.25) is 0 Å². The second kappa shape index (κ2) is 9.66. The minimum atomic E-state index is -0.453. The third kappa shape index (κ3) is 4.18. The Morgan fingerprint density at radius 2 is 1.54 bits per heavy atom. The molecule has 3 aliphatic rings. The van der Waals surface area contributed by atoms with E-state index in [1.165, 1.54) is 40.5 Å². The monoisotopic (exact) mass is 499 g/mol. The zero-order chi connectivity index (χ0) is 25.5. The van der Waals surface area contributed by atoms with Crippen molar-refractivity contribution in [3.05, 3.63) is 89.2 Å². The van der Waals surface area contributed by atoms with E-state index in [-0.39, 0.29) is 42.4 Å². The standard InChI is InChI=1S/C31H30FNO4/c1-2-36-29-14-11-20(32)17-27(29)30(34)19-15-21-12-13-22(16-19)33(21)31(35)37-18-28-25-9-5-3-7-23(25)24-8-4-6-10-26(24)28/h3-11,14,17,19,21-22,28H,2,12-13,15-16,18H2,1H3. The fourth-order valence-corrected chi connectivity index (χ4v) is 6.55. The summed E-state index contributed by atoms with van der Waals surface area (Å²) in [6, 6.07) is 20.6. The topological polar surface area (TPSA) is 55.8 Å². The molecule has 1 aliphatic carbocycles. The number of hydrogen-bond acceptors (Lipinski definition) is 4. The lowest BCUT2D eigenvalue weighted by Crippen LogP contribution is -2.48. The lowest BCUT2D eigenvalue weighted by molar-refractivity contribution is 0.0504. The lowest BCUT2D eigenvalue weighted by atomic mass is 9.84. The van der Waals surface area contributed by atoms with Gasteiger partial charge in [0.2, 0.25) is 0 Å². The molecular weight excluding hydrogens is 469 g/mol. The molecule has 5 nitrogen and oxygen atoms in total. The summed E-state index contributed by atoms with van der Waals surface area (Å²) in [6.45, 7) is 2.52. The van der Waals surface area contributed by atoms with Crippen LogP contribution < -0.4 is 4.74 Å². The normalized spacial score (nSPS) is 21.9. The third-order valence-electron chi connectivity index (χ3n) is 8.16. The summed E-state index contributed by atoms with van der Waals surface area (Å²) >= 11 is 0. The highest BCUT2D eigenvalue weighted by Gasteiger charge is 2.46. The number of benzene rings is 3. The van der Waals surface area contributed by atoms with Crippen LogP contribution in [-0.4, -0.2) is 42.1 Å². The molecule has 2 unspecified atom stereocenters. The van der Waals surface area contributed by atoms with Crippen molar-refractivity contribution in [2.45, 2.75) is 50.6 Å². The van der Waals surface area contributed by atoms with Crippen molar-refractivity contribution in [2.24, 2.45) is 5.92 Å². The molecule has 0 aromatic heterocycles. The summed E-state index contributed by atoms with van der Waals surface area (Å²) in [6.07, 6.45) is 2.50. The summed E-state index contributed by atoms with van der Waals surface area (Å²) in [5.41, 5.74) is 5.05. The first-order valence-electron chi connectivity index (χ1n) is 13.1. The van der Waals surface area contributed by atoms with E-state index in [9.17, 15) is 14.0 Å². The molecule has 1 amide bonds. The molecule has 6 heteroatoms. The van der Waals surface area contributed by atoms with Gasteiger partial charge in [0.1, 0.15) is 18.2 Å². The van der Waals surface area contributed by atoms with Crippen LogP contribution in [0.25, 0.3) is 11.1 Å². The van der Waals surface area contributed by atoms with Crippen molar-refractivity contribution in [3.63, 3.8) is 0 Å². The molecule has 2 atom stereocenters. The van der Waals surface area contributed by atoms with Crippen LogP contribution in [0.15, 0.2) is 66.7 Å². The summed E-state index contributed by atoms with van der Waals surface area (Å²) in [7, 11) is 0. The average molecular weight is 500 g/mol. The number of hydrogen-bond donors (Lipinski definition) is 0. The molecule has 0 N–H and O–H groups in total. The SMILES string of the molecule is CCOc1ccc(F)cc1C(=O)C1CC2CCC(C1)N2C(=O)OCC1c2ccccc2-c2ccccc21. The molecular formula is C31H30FNO4. The zero-order valence-electron chi connectivity index (χ0n) is 20.9. The molecule has 2 saturated heterocycles. The molecule has 2 fully saturated rings. The van der Waals surface area contributed by atoms with E-state index in [4.69, 9.17) is 9.47 Å². The maximum atomic E-state index is 14.0. The van der Waals surface area contributed by atoms with Gasteiger partial charge in [-0.05, 0) is 73.1 Å². The van der Waals surface area contributed by atoms with Crippen LogP contribution in [0.5, 0.6) is 5.75 Å². The molecule has 2 heterocycles. The fraction of sp³-hybridized carbons (Fsp3) is 0.355. The van der Waals surface area contributed by atoms with Gasteiger partial charge < -0.3 is 14.4 Å². The van der Waals surface area contributed by atoms with Gasteiger partial charge in [0.05, 0.1) is 12.2 Å². The number of halogens is 1. The van der Waals surface area contributed by atoms with E-state index in [0.717, 1.165) is 12.8 Å². The van der Waals surface area contributed by atoms with Crippen LogP contribution >= 0.6 is 0 Å². The Morgan fingerprint density at radius 1 is 0.919 bits per heavy atom. The van der Waals surface area contributed by atoms with Crippen LogP contribution in [-0.2, 0) is 4.74 Å². The average Bonchev–Trinajstić information content (AvgIpc) is 3.38. The van der Waals surface area contributed by atoms with Crippen molar-refractivity contribution >= 4 is 11.9 Å². The molecule has 0 spiro atoms. The Bertz CT molecular complexity index is 1300. The van der Waals surface area contributed by atoms with Gasteiger partial charge in [0.15, 0.2) is 5.78 Å². The number of amides is 1. The molecule has 37 heavy (non-hydrogen) atoms. The number of piperidine rings is 1. The predicted molar refractivity (Wildman–Crippen MR) is 138 cm³/mol. The van der Waals surface area contributed by atoms with E-state index in [2.05, 4.69) is 24.3 Å². The number of fused-ring (bicyclic) bond motifs is 5. The van der Waals surface area contributed by atoms with Crippen molar-refractivity contribution < 1.29 is 23.5 Å². The highest BCUT2D eigenvalue weighted by atomic mass is 19.1. The lowest BCUT2D eigenvalue weighted by Gasteiger charge is -2.38. The van der Waals surface area contributed by atoms with Crippen LogP contribution in [0.1, 0.15) is 60.0 Å². The minimum Gasteiger partial charge on any atom is -0.493 e. The van der Waals surface area contributed by atoms with Gasteiger partial charge in [0.25, 0.3) is 0 Å². The molecule has 2 bridgehead atoms. The largest absolute Gasteiger partial charge is 0.493 e. The predicted octanol–water partition coefficient (Wildman–Crippen LogP) is 6.60. The van der Waals surface area contributed by atoms with Crippen molar-refractivity contribution in [1.29, 1.82) is 0 Å². The van der Waals surface area contributed by atoms with Crippen LogP contribution in [0.3, 0.4) is 0 Å². The van der Waals surface area contributed by atoms with Gasteiger partial charge in [-0.15, -0.1) is 0 Å². The van der Waals surface area contributed by atoms with Gasteiger partial charge in [-0.1, -0.05) is 48.5 Å². The summed E-state index contributed by atoms with van der Waals surface area (Å²) in [4.78, 5) is 28.6. The first-order chi connectivity index (χ1) is 18.0. The van der Waals surface area contributed by atoms with Gasteiger partial charge in [-0.3, -0.25) is 4.79 Å². The van der Waals surface area contributed by atoms with Gasteiger partial charge in [-0.2, -0.15) is 0 Å². The molecule has 0 saturated carbocycles. The van der Waals surface area contributed by atoms with Crippen molar-refractivity contribution in [3.8, 4) is 16.9 Å². The van der Waals surface area contributed by atoms with Crippen LogP contribution in [0.4, 0.5) is 9.18 Å². The Labute approximate surface area is 216 Å². The second-order valence-electron chi connectivity index (χ2n) is 10.2. The molecule has 0 radical (unpaired) electrons. The number of nitrogens with zero attached hydrogens (tertiary/aromatic N) is 1. The van der Waals surface area contributed by atoms with Crippen LogP contribution in [0, 0.1) is 11.7 Å². The highest BCUT2D eigenvalue weighted by molar-refractivity contribution is 6.00. The number of ketones is 1. The van der Waals surface area contributed by atoms with E-state index in [1.54, 1.807) is 0 Å². The molecule has 190 valence electrons. The smallest absolute Gasteiger partial charge is 0.410 e. The maximum Gasteiger partial charge on any atom is 0.410 e. The molecule has 6 rings (SSSR count). The first-order valence-corrected chi connectivity index (χ1v) is 13.1. The highest BCUT2D eigenvalue weighted by Crippen LogP contribution is 2.45. The van der Waals surface area contributed by atoms with E-state index >= 15 is 0 Å². The number of carbonyl (C=O) groups excluding carboxylic acids is 2. The van der Waals surface area contributed by atoms with Gasteiger partial charge in [-0.25, -0.2) is 9.18 Å². The quantitative estimate of drug-likeness (QED) is 0.359. The van der Waals surface area contributed by atoms with Gasteiger partial charge in [0, 0.05) is 23.9 Å². The fourth-order valence-electron chi connectivity index (χ4n) is 6.55. The minimum absolute atomic E-state index is 0.0121. The Hall–Kier alpha value is -3.67. The Balaban J connectivity index is 1.15. The van der Waals surface area contributed by atoms with E-state index in [1.807, 2.05) is 36.1 Å². The second-order valence-corrected chi connectivity index (χ2v) is 10.2. The number of ether oxygens (including phenoxy) is 2. The zero-order valence-corrected chi connectivity index (χ0v) is 20.9. The number of Topliss-reactive ketones (excluding diaryl/α,β-unsaturated/α-hetero) is 1. The van der Waals surface area contributed by atoms with Gasteiger partial charge >= 0.3 is 6.09 Å². The molecule has 2 aliphatic heterocycles. The van der Waals surface area contributed by atoms with E-state index in [0.29, 0.717) is 30.8 Å². The molecule has 3 aromatic rings.